The van der Waals surface area contributed by atoms with Gasteiger partial charge in [-0.2, -0.15) is 13.2 Å². The first-order valence-corrected chi connectivity index (χ1v) is 10.3. The van der Waals surface area contributed by atoms with Gasteiger partial charge in [0.15, 0.2) is 0 Å². The minimum Gasteiger partial charge on any atom is -0.365 e. The molecule has 9 heteroatoms. The molecule has 1 aliphatic rings. The van der Waals surface area contributed by atoms with Gasteiger partial charge in [-0.3, -0.25) is 4.79 Å². The van der Waals surface area contributed by atoms with Gasteiger partial charge in [-0.05, 0) is 54.4 Å². The molecule has 1 aliphatic heterocycles. The molecule has 0 saturated carbocycles. The van der Waals surface area contributed by atoms with Crippen LogP contribution in [0.15, 0.2) is 67.0 Å². The van der Waals surface area contributed by atoms with Crippen molar-refractivity contribution < 1.29 is 22.4 Å². The number of halogens is 4. The number of rotatable bonds is 4. The highest BCUT2D eigenvalue weighted by Gasteiger charge is 2.31. The Labute approximate surface area is 186 Å². The van der Waals surface area contributed by atoms with Crippen LogP contribution in [-0.4, -0.2) is 21.8 Å². The maximum absolute atomic E-state index is 13.7. The van der Waals surface area contributed by atoms with Gasteiger partial charge in [0.1, 0.15) is 11.5 Å². The van der Waals surface area contributed by atoms with Gasteiger partial charge in [0, 0.05) is 29.7 Å². The Morgan fingerprint density at radius 3 is 2.76 bits per heavy atom. The molecular formula is C24H18F4N4O. The van der Waals surface area contributed by atoms with Crippen molar-refractivity contribution in [2.75, 3.05) is 16.8 Å². The van der Waals surface area contributed by atoms with Crippen LogP contribution < -0.4 is 10.2 Å². The summed E-state index contributed by atoms with van der Waals surface area (Å²) in [6.45, 7) is 1.35. The van der Waals surface area contributed by atoms with Crippen molar-refractivity contribution in [3.63, 3.8) is 0 Å². The van der Waals surface area contributed by atoms with Crippen LogP contribution in [0.5, 0.6) is 0 Å². The summed E-state index contributed by atoms with van der Waals surface area (Å²) in [5.41, 5.74) is 2.65. The Morgan fingerprint density at radius 1 is 1.09 bits per heavy atom. The van der Waals surface area contributed by atoms with Crippen LogP contribution in [0.25, 0.3) is 5.65 Å². The number of carbonyl (C=O) groups is 1. The maximum Gasteiger partial charge on any atom is 0.416 e. The zero-order chi connectivity index (χ0) is 23.2. The highest BCUT2D eigenvalue weighted by molar-refractivity contribution is 6.05. The van der Waals surface area contributed by atoms with Gasteiger partial charge < -0.3 is 14.6 Å². The fourth-order valence-corrected chi connectivity index (χ4v) is 4.08. The lowest BCUT2D eigenvalue weighted by Crippen LogP contribution is -2.21. The number of pyridine rings is 1. The molecule has 3 heterocycles. The Bertz CT molecular complexity index is 1360. The molecule has 0 radical (unpaired) electrons. The molecule has 0 bridgehead atoms. The van der Waals surface area contributed by atoms with Crippen LogP contribution in [-0.2, 0) is 19.1 Å². The van der Waals surface area contributed by atoms with Crippen molar-refractivity contribution in [1.29, 1.82) is 0 Å². The summed E-state index contributed by atoms with van der Waals surface area (Å²) in [4.78, 5) is 19.3. The van der Waals surface area contributed by atoms with Gasteiger partial charge in [0.25, 0.3) is 5.91 Å². The van der Waals surface area contributed by atoms with E-state index in [0.29, 0.717) is 18.7 Å². The van der Waals surface area contributed by atoms with Gasteiger partial charge in [-0.1, -0.05) is 12.1 Å². The molecule has 4 aromatic rings. The summed E-state index contributed by atoms with van der Waals surface area (Å²) in [5.74, 6) is -1.69. The summed E-state index contributed by atoms with van der Waals surface area (Å²) in [7, 11) is 0. The van der Waals surface area contributed by atoms with Gasteiger partial charge in [-0.15, -0.1) is 0 Å². The van der Waals surface area contributed by atoms with E-state index in [2.05, 4.69) is 15.2 Å². The number of hydrogen-bond donors (Lipinski definition) is 1. The lowest BCUT2D eigenvalue weighted by Gasteiger charge is -2.20. The summed E-state index contributed by atoms with van der Waals surface area (Å²) >= 11 is 0. The van der Waals surface area contributed by atoms with Crippen molar-refractivity contribution in [2.45, 2.75) is 19.1 Å². The number of benzene rings is 2. The molecule has 0 spiro atoms. The smallest absolute Gasteiger partial charge is 0.365 e. The first kappa shape index (κ1) is 21.0. The first-order chi connectivity index (χ1) is 15.8. The third-order valence-corrected chi connectivity index (χ3v) is 5.67. The maximum atomic E-state index is 13.7. The molecule has 1 N–H and O–H groups in total. The normalized spacial score (nSPS) is 13.4. The fourth-order valence-electron chi connectivity index (χ4n) is 4.08. The molecule has 168 valence electrons. The highest BCUT2D eigenvalue weighted by atomic mass is 19.4. The topological polar surface area (TPSA) is 49.6 Å². The second-order valence-corrected chi connectivity index (χ2v) is 7.87. The Kier molecular flexibility index (Phi) is 5.03. The van der Waals surface area contributed by atoms with Crippen LogP contribution in [0.1, 0.15) is 27.2 Å². The summed E-state index contributed by atoms with van der Waals surface area (Å²) in [5, 5.41) is 2.38. The van der Waals surface area contributed by atoms with Gasteiger partial charge in [0.2, 0.25) is 0 Å². The number of fused-ring (bicyclic) bond motifs is 2. The number of imidazole rings is 1. The summed E-state index contributed by atoms with van der Waals surface area (Å²) < 4.78 is 54.6. The van der Waals surface area contributed by atoms with Crippen molar-refractivity contribution in [1.82, 2.24) is 9.38 Å². The number of aromatic nitrogens is 2. The zero-order valence-electron chi connectivity index (χ0n) is 17.2. The van der Waals surface area contributed by atoms with Crippen molar-refractivity contribution in [3.8, 4) is 0 Å². The van der Waals surface area contributed by atoms with Crippen LogP contribution in [0.3, 0.4) is 0 Å². The minimum atomic E-state index is -4.71. The van der Waals surface area contributed by atoms with Gasteiger partial charge in [-0.25, -0.2) is 9.37 Å². The zero-order valence-corrected chi connectivity index (χ0v) is 17.2. The van der Waals surface area contributed by atoms with E-state index in [1.165, 1.54) is 0 Å². The third-order valence-electron chi connectivity index (χ3n) is 5.67. The number of hydrogen-bond acceptors (Lipinski definition) is 3. The van der Waals surface area contributed by atoms with E-state index in [9.17, 15) is 22.4 Å². The first-order valence-electron chi connectivity index (χ1n) is 10.3. The van der Waals surface area contributed by atoms with E-state index in [-0.39, 0.29) is 11.3 Å². The number of carbonyl (C=O) groups excluding carboxylic acids is 1. The van der Waals surface area contributed by atoms with Crippen molar-refractivity contribution in [3.05, 3.63) is 95.2 Å². The van der Waals surface area contributed by atoms with Gasteiger partial charge in [0.05, 0.1) is 24.0 Å². The molecule has 2 aromatic heterocycles. The Hall–Kier alpha value is -3.88. The van der Waals surface area contributed by atoms with E-state index in [4.69, 9.17) is 0 Å². The van der Waals surface area contributed by atoms with Crippen molar-refractivity contribution >= 4 is 22.9 Å². The van der Waals surface area contributed by atoms with Crippen LogP contribution in [0.2, 0.25) is 0 Å². The van der Waals surface area contributed by atoms with E-state index >= 15 is 0 Å². The van der Waals surface area contributed by atoms with Crippen LogP contribution in [0.4, 0.5) is 28.9 Å². The predicted molar refractivity (Wildman–Crippen MR) is 116 cm³/mol. The fraction of sp³-hybridized carbons (Fsp3) is 0.167. The number of nitrogens with one attached hydrogen (secondary N) is 1. The average Bonchev–Trinajstić information content (AvgIpc) is 3.37. The number of anilines is 2. The van der Waals surface area contributed by atoms with Crippen molar-refractivity contribution in [2.24, 2.45) is 0 Å². The van der Waals surface area contributed by atoms with E-state index in [1.807, 2.05) is 41.1 Å². The standard InChI is InChI=1S/C24H18F4N4O/c25-18-10-17(24(26,27)28)11-19(12-18)30-23(33)16-5-4-15-6-8-31(21(15)9-16)14-20-13-29-22-3-1-2-7-32(20)22/h1-5,7,9-13H,6,8,14H2,(H,30,33). The lowest BCUT2D eigenvalue weighted by molar-refractivity contribution is -0.137. The van der Waals surface area contributed by atoms with E-state index < -0.39 is 23.5 Å². The highest BCUT2D eigenvalue weighted by Crippen LogP contribution is 2.33. The second-order valence-electron chi connectivity index (χ2n) is 7.87. The molecular weight excluding hydrogens is 436 g/mol. The molecule has 0 atom stereocenters. The molecule has 2 aromatic carbocycles. The lowest BCUT2D eigenvalue weighted by atomic mass is 10.1. The molecule has 1 amide bonds. The van der Waals surface area contributed by atoms with E-state index in [1.54, 1.807) is 12.1 Å². The Balaban J connectivity index is 1.38. The van der Waals surface area contributed by atoms with Crippen LogP contribution in [0, 0.1) is 5.82 Å². The van der Waals surface area contributed by atoms with Gasteiger partial charge >= 0.3 is 6.18 Å². The minimum absolute atomic E-state index is 0.254. The Morgan fingerprint density at radius 2 is 1.94 bits per heavy atom. The van der Waals surface area contributed by atoms with Crippen LogP contribution >= 0.6 is 0 Å². The molecule has 0 saturated heterocycles. The quantitative estimate of drug-likeness (QED) is 0.426. The molecule has 0 aliphatic carbocycles. The molecule has 0 unspecified atom stereocenters. The molecule has 5 rings (SSSR count). The number of alkyl halides is 3. The summed E-state index contributed by atoms with van der Waals surface area (Å²) in [6.07, 6.45) is -0.154. The SMILES string of the molecule is O=C(Nc1cc(F)cc(C(F)(F)F)c1)c1ccc2c(c1)N(Cc1cnc3ccccn13)CC2. The third kappa shape index (κ3) is 4.13. The number of nitrogens with zero attached hydrogens (tertiary/aromatic N) is 3. The molecule has 5 nitrogen and oxygen atoms in total. The largest absolute Gasteiger partial charge is 0.416 e. The monoisotopic (exact) mass is 454 g/mol. The second kappa shape index (κ2) is 7.91. The summed E-state index contributed by atoms with van der Waals surface area (Å²) in [6, 6.07) is 12.9. The number of amides is 1. The average molecular weight is 454 g/mol. The van der Waals surface area contributed by atoms with E-state index in [0.717, 1.165) is 41.6 Å². The molecule has 33 heavy (non-hydrogen) atoms. The molecule has 0 fully saturated rings. The predicted octanol–water partition coefficient (Wildman–Crippen LogP) is 5.31.